The summed E-state index contributed by atoms with van der Waals surface area (Å²) in [6.45, 7) is 0. The number of carbonyl (C=O) groups is 1. The third-order valence-electron chi connectivity index (χ3n) is 1.15. The van der Waals surface area contributed by atoms with Crippen molar-refractivity contribution in [3.8, 4) is 0 Å². The first-order valence-corrected chi connectivity index (χ1v) is 5.86. The van der Waals surface area contributed by atoms with E-state index in [1.807, 2.05) is 0 Å². The van der Waals surface area contributed by atoms with Crippen LogP contribution in [0.25, 0.3) is 0 Å². The average Bonchev–Trinajstić information content (AvgIpc) is 2.05. The summed E-state index contributed by atoms with van der Waals surface area (Å²) in [5.74, 6) is 0. The van der Waals surface area contributed by atoms with Gasteiger partial charge in [0.05, 0.1) is 0 Å². The highest BCUT2D eigenvalue weighted by molar-refractivity contribution is 9.52. The van der Waals surface area contributed by atoms with Gasteiger partial charge in [0, 0.05) is 10.6 Å². The van der Waals surface area contributed by atoms with Crippen molar-refractivity contribution in [1.82, 2.24) is 0 Å². The second-order valence-electron chi connectivity index (χ2n) is 1.87. The van der Waals surface area contributed by atoms with Crippen molar-refractivity contribution in [2.24, 2.45) is 0 Å². The molecule has 58 valence electrons. The molecule has 1 rings (SSSR count). The van der Waals surface area contributed by atoms with E-state index < -0.39 is 0 Å². The predicted octanol–water partition coefficient (Wildman–Crippen LogP) is 3.52. The molecule has 0 spiro atoms. The molecule has 0 heterocycles. The standard InChI is InChI=1S/C7H4BrClOS/c8-11-7(10)5-1-3-6(9)4-2-5/h1-4H. The molecule has 1 nitrogen and oxygen atoms in total. The highest BCUT2D eigenvalue weighted by atomic mass is 79.9. The van der Waals surface area contributed by atoms with E-state index in [0.717, 1.165) is 10.2 Å². The maximum absolute atomic E-state index is 11.0. The SMILES string of the molecule is O=C(SBr)c1ccc(Cl)cc1. The molecule has 0 amide bonds. The van der Waals surface area contributed by atoms with Crippen LogP contribution < -0.4 is 0 Å². The summed E-state index contributed by atoms with van der Waals surface area (Å²) in [5.41, 5.74) is 0.649. The minimum atomic E-state index is -0.0123. The molecule has 0 unspecified atom stereocenters. The van der Waals surface area contributed by atoms with Crippen LogP contribution in [0.2, 0.25) is 5.02 Å². The van der Waals surface area contributed by atoms with E-state index in [0.29, 0.717) is 10.6 Å². The summed E-state index contributed by atoms with van der Waals surface area (Å²) < 4.78 is 0. The van der Waals surface area contributed by atoms with Gasteiger partial charge in [-0.3, -0.25) is 4.79 Å². The van der Waals surface area contributed by atoms with Crippen LogP contribution in [0.15, 0.2) is 24.3 Å². The first-order chi connectivity index (χ1) is 5.24. The van der Waals surface area contributed by atoms with Crippen molar-refractivity contribution < 1.29 is 4.79 Å². The van der Waals surface area contributed by atoms with E-state index in [4.69, 9.17) is 11.6 Å². The number of rotatable bonds is 1. The molecule has 0 aliphatic rings. The van der Waals surface area contributed by atoms with E-state index in [1.54, 1.807) is 24.3 Å². The summed E-state index contributed by atoms with van der Waals surface area (Å²) >= 11 is 8.63. The minimum absolute atomic E-state index is 0.0123. The Labute approximate surface area is 81.3 Å². The smallest absolute Gasteiger partial charge is 0.230 e. The molecular formula is C7H4BrClOS. The zero-order valence-electron chi connectivity index (χ0n) is 5.38. The second-order valence-corrected chi connectivity index (χ2v) is 3.80. The lowest BCUT2D eigenvalue weighted by Crippen LogP contribution is -1.88. The fraction of sp³-hybridized carbons (Fsp3) is 0. The first-order valence-electron chi connectivity index (χ1n) is 2.82. The molecule has 0 saturated heterocycles. The molecule has 0 fully saturated rings. The minimum Gasteiger partial charge on any atom is -0.281 e. The lowest BCUT2D eigenvalue weighted by atomic mass is 10.2. The zero-order valence-corrected chi connectivity index (χ0v) is 8.54. The Kier molecular flexibility index (Phi) is 3.43. The van der Waals surface area contributed by atoms with Crippen LogP contribution in [-0.4, -0.2) is 5.12 Å². The van der Waals surface area contributed by atoms with Crippen LogP contribution in [-0.2, 0) is 0 Å². The Balaban J connectivity index is 2.90. The highest BCUT2D eigenvalue weighted by Gasteiger charge is 2.02. The quantitative estimate of drug-likeness (QED) is 0.760. The largest absolute Gasteiger partial charge is 0.281 e. The van der Waals surface area contributed by atoms with E-state index in [1.165, 1.54) is 0 Å². The highest BCUT2D eigenvalue weighted by Crippen LogP contribution is 2.19. The summed E-state index contributed by atoms with van der Waals surface area (Å²) in [6, 6.07) is 6.77. The third-order valence-corrected chi connectivity index (χ3v) is 2.66. The van der Waals surface area contributed by atoms with E-state index in [9.17, 15) is 4.79 Å². The molecule has 0 saturated carbocycles. The second kappa shape index (κ2) is 4.14. The predicted molar refractivity (Wildman–Crippen MR) is 52.3 cm³/mol. The summed E-state index contributed by atoms with van der Waals surface area (Å²) in [4.78, 5) is 11.0. The maximum Gasteiger partial charge on any atom is 0.230 e. The topological polar surface area (TPSA) is 17.1 Å². The molecule has 1 aromatic carbocycles. The molecule has 0 bridgehead atoms. The third kappa shape index (κ3) is 2.51. The van der Waals surface area contributed by atoms with Gasteiger partial charge in [0.1, 0.15) is 0 Å². The van der Waals surface area contributed by atoms with Crippen molar-refractivity contribution in [2.75, 3.05) is 0 Å². The number of halogens is 2. The molecule has 0 atom stereocenters. The Morgan fingerprint density at radius 2 is 1.91 bits per heavy atom. The van der Waals surface area contributed by atoms with Gasteiger partial charge in [-0.05, 0) is 49.3 Å². The molecule has 4 heteroatoms. The van der Waals surface area contributed by atoms with Crippen LogP contribution in [0.3, 0.4) is 0 Å². The van der Waals surface area contributed by atoms with Gasteiger partial charge in [0.15, 0.2) is 0 Å². The fourth-order valence-electron chi connectivity index (χ4n) is 0.631. The fourth-order valence-corrected chi connectivity index (χ4v) is 1.54. The number of hydrogen-bond acceptors (Lipinski definition) is 2. The molecule has 0 aliphatic heterocycles. The Bertz CT molecular complexity index is 260. The molecule has 0 aromatic heterocycles. The number of hydrogen-bond donors (Lipinski definition) is 0. The van der Waals surface area contributed by atoms with Gasteiger partial charge in [-0.25, -0.2) is 0 Å². The van der Waals surface area contributed by atoms with E-state index in [2.05, 4.69) is 14.8 Å². The molecule has 0 N–H and O–H groups in total. The van der Waals surface area contributed by atoms with Gasteiger partial charge in [0.2, 0.25) is 5.12 Å². The van der Waals surface area contributed by atoms with Crippen molar-refractivity contribution in [2.45, 2.75) is 0 Å². The molecule has 1 aromatic rings. The lowest BCUT2D eigenvalue weighted by molar-refractivity contribution is 0.109. The monoisotopic (exact) mass is 250 g/mol. The Hall–Kier alpha value is 0.01000. The number of benzene rings is 1. The van der Waals surface area contributed by atoms with Crippen molar-refractivity contribution in [1.29, 1.82) is 0 Å². The maximum atomic E-state index is 11.0. The van der Waals surface area contributed by atoms with Crippen LogP contribution in [0, 0.1) is 0 Å². The van der Waals surface area contributed by atoms with Crippen LogP contribution in [0.4, 0.5) is 0 Å². The van der Waals surface area contributed by atoms with Crippen molar-refractivity contribution in [3.05, 3.63) is 34.9 Å². The van der Waals surface area contributed by atoms with Gasteiger partial charge in [-0.2, -0.15) is 0 Å². The van der Waals surface area contributed by atoms with Gasteiger partial charge >= 0.3 is 0 Å². The van der Waals surface area contributed by atoms with E-state index in [-0.39, 0.29) is 5.12 Å². The van der Waals surface area contributed by atoms with Gasteiger partial charge in [-0.1, -0.05) is 11.6 Å². The number of carbonyl (C=O) groups excluding carboxylic acids is 1. The van der Waals surface area contributed by atoms with Crippen LogP contribution >= 0.6 is 36.6 Å². The van der Waals surface area contributed by atoms with Crippen LogP contribution in [0.1, 0.15) is 10.4 Å². The first kappa shape index (κ1) is 9.10. The molecule has 0 aliphatic carbocycles. The molecule has 11 heavy (non-hydrogen) atoms. The average molecular weight is 252 g/mol. The zero-order chi connectivity index (χ0) is 8.27. The Morgan fingerprint density at radius 1 is 1.36 bits per heavy atom. The summed E-state index contributed by atoms with van der Waals surface area (Å²) in [5, 5.41) is 0.628. The van der Waals surface area contributed by atoms with Gasteiger partial charge in [-0.15, -0.1) is 0 Å². The normalized spacial score (nSPS) is 9.64. The van der Waals surface area contributed by atoms with Gasteiger partial charge in [0.25, 0.3) is 0 Å². The molecular weight excluding hydrogens is 247 g/mol. The van der Waals surface area contributed by atoms with Crippen LogP contribution in [0.5, 0.6) is 0 Å². The summed E-state index contributed by atoms with van der Waals surface area (Å²) in [7, 11) is 1.01. The van der Waals surface area contributed by atoms with Gasteiger partial charge < -0.3 is 0 Å². The van der Waals surface area contributed by atoms with Crippen molar-refractivity contribution >= 4 is 41.7 Å². The van der Waals surface area contributed by atoms with E-state index >= 15 is 0 Å². The summed E-state index contributed by atoms with van der Waals surface area (Å²) in [6.07, 6.45) is 0. The van der Waals surface area contributed by atoms with Crippen molar-refractivity contribution in [3.63, 3.8) is 0 Å². The Morgan fingerprint density at radius 3 is 2.36 bits per heavy atom. The lowest BCUT2D eigenvalue weighted by Gasteiger charge is -1.94. The molecule has 0 radical (unpaired) electrons.